The summed E-state index contributed by atoms with van der Waals surface area (Å²) in [5, 5.41) is 2.26. The molecule has 1 nitrogen and oxygen atoms in total. The fourth-order valence-electron chi connectivity index (χ4n) is 1.67. The van der Waals surface area contributed by atoms with Crippen LogP contribution in [0.5, 0.6) is 5.75 Å². The van der Waals surface area contributed by atoms with E-state index in [-0.39, 0.29) is 5.41 Å². The van der Waals surface area contributed by atoms with E-state index in [1.165, 1.54) is 29.0 Å². The maximum absolute atomic E-state index is 5.73. The van der Waals surface area contributed by atoms with Gasteiger partial charge in [0.1, 0.15) is 5.75 Å². The molecule has 0 saturated heterocycles. The smallest absolute Gasteiger partial charge is 0.136 e. The van der Waals surface area contributed by atoms with Gasteiger partial charge < -0.3 is 4.74 Å². The lowest BCUT2D eigenvalue weighted by molar-refractivity contribution is 0.283. The third kappa shape index (κ3) is 2.75. The second-order valence-corrected chi connectivity index (χ2v) is 5.50. The first-order valence-corrected chi connectivity index (χ1v) is 6.70. The van der Waals surface area contributed by atoms with Gasteiger partial charge in [0.15, 0.2) is 0 Å². The Kier molecular flexibility index (Phi) is 4.21. The standard InChI is InChI=1S/C11H16OS.C2H6/c1-11(2,3)10-9-8(7-13-10)5-4-6-12-9;1-2/h7H,4-6H2,1-3H3;1-2H3. The lowest BCUT2D eigenvalue weighted by Crippen LogP contribution is -2.14. The van der Waals surface area contributed by atoms with Gasteiger partial charge in [0.2, 0.25) is 0 Å². The molecule has 2 heterocycles. The molecule has 0 spiro atoms. The van der Waals surface area contributed by atoms with Crippen LogP contribution in [0.15, 0.2) is 5.38 Å². The predicted octanol–water partition coefficient (Wildman–Crippen LogP) is 4.40. The first kappa shape index (κ1) is 12.6. The molecule has 0 fully saturated rings. The van der Waals surface area contributed by atoms with Gasteiger partial charge in [0.25, 0.3) is 0 Å². The molecule has 0 bridgehead atoms. The number of aryl methyl sites for hydroxylation is 1. The molecule has 0 saturated carbocycles. The van der Waals surface area contributed by atoms with Crippen LogP contribution >= 0.6 is 11.3 Å². The van der Waals surface area contributed by atoms with Crippen LogP contribution in [-0.4, -0.2) is 6.61 Å². The number of fused-ring (bicyclic) bond motifs is 1. The van der Waals surface area contributed by atoms with Crippen molar-refractivity contribution in [2.75, 3.05) is 6.61 Å². The zero-order valence-electron chi connectivity index (χ0n) is 10.5. The molecule has 0 atom stereocenters. The van der Waals surface area contributed by atoms with Gasteiger partial charge >= 0.3 is 0 Å². The molecule has 0 amide bonds. The highest BCUT2D eigenvalue weighted by molar-refractivity contribution is 7.10. The highest BCUT2D eigenvalue weighted by Crippen LogP contribution is 2.41. The molecule has 0 radical (unpaired) electrons. The summed E-state index contributed by atoms with van der Waals surface area (Å²) < 4.78 is 5.73. The van der Waals surface area contributed by atoms with Crippen LogP contribution in [0.3, 0.4) is 0 Å². The van der Waals surface area contributed by atoms with E-state index in [0.29, 0.717) is 0 Å². The summed E-state index contributed by atoms with van der Waals surface area (Å²) in [6, 6.07) is 0. The van der Waals surface area contributed by atoms with Crippen molar-refractivity contribution in [2.45, 2.75) is 52.9 Å². The van der Waals surface area contributed by atoms with Crippen LogP contribution in [0.25, 0.3) is 0 Å². The van der Waals surface area contributed by atoms with E-state index in [1.54, 1.807) is 0 Å². The topological polar surface area (TPSA) is 9.23 Å². The fraction of sp³-hybridized carbons (Fsp3) is 0.692. The monoisotopic (exact) mass is 226 g/mol. The number of ether oxygens (including phenoxy) is 1. The van der Waals surface area contributed by atoms with Gasteiger partial charge in [0, 0.05) is 5.56 Å². The number of rotatable bonds is 0. The Bertz CT molecular complexity index is 307. The molecular formula is C13H22OS. The number of hydrogen-bond donors (Lipinski definition) is 0. The molecule has 1 aliphatic heterocycles. The van der Waals surface area contributed by atoms with E-state index in [2.05, 4.69) is 26.2 Å². The average molecular weight is 226 g/mol. The van der Waals surface area contributed by atoms with Crippen molar-refractivity contribution in [1.29, 1.82) is 0 Å². The van der Waals surface area contributed by atoms with Gasteiger partial charge in [-0.15, -0.1) is 11.3 Å². The van der Waals surface area contributed by atoms with Crippen LogP contribution in [-0.2, 0) is 11.8 Å². The first-order chi connectivity index (χ1) is 7.09. The summed E-state index contributed by atoms with van der Waals surface area (Å²) in [5.74, 6) is 1.18. The van der Waals surface area contributed by atoms with Gasteiger partial charge in [-0.2, -0.15) is 0 Å². The van der Waals surface area contributed by atoms with Crippen molar-refractivity contribution in [3.63, 3.8) is 0 Å². The van der Waals surface area contributed by atoms with Crippen LogP contribution in [0.1, 0.15) is 51.5 Å². The molecular weight excluding hydrogens is 204 g/mol. The highest BCUT2D eigenvalue weighted by Gasteiger charge is 2.25. The molecule has 15 heavy (non-hydrogen) atoms. The molecule has 1 aliphatic rings. The van der Waals surface area contributed by atoms with Crippen molar-refractivity contribution in [2.24, 2.45) is 0 Å². The minimum atomic E-state index is 0.232. The number of thiophene rings is 1. The predicted molar refractivity (Wildman–Crippen MR) is 68.2 cm³/mol. The Hall–Kier alpha value is -0.500. The summed E-state index contributed by atoms with van der Waals surface area (Å²) in [7, 11) is 0. The fourth-order valence-corrected chi connectivity index (χ4v) is 2.80. The third-order valence-corrected chi connectivity index (χ3v) is 3.77. The molecule has 1 aromatic rings. The lowest BCUT2D eigenvalue weighted by Gasteiger charge is -2.21. The molecule has 2 rings (SSSR count). The Morgan fingerprint density at radius 3 is 2.53 bits per heavy atom. The molecule has 0 N–H and O–H groups in total. The van der Waals surface area contributed by atoms with E-state index >= 15 is 0 Å². The van der Waals surface area contributed by atoms with Crippen molar-refractivity contribution in [1.82, 2.24) is 0 Å². The number of hydrogen-bond acceptors (Lipinski definition) is 2. The Labute approximate surface area is 97.5 Å². The van der Waals surface area contributed by atoms with Gasteiger partial charge in [0.05, 0.1) is 11.5 Å². The highest BCUT2D eigenvalue weighted by atomic mass is 32.1. The minimum Gasteiger partial charge on any atom is -0.492 e. The van der Waals surface area contributed by atoms with Crippen LogP contribution < -0.4 is 4.74 Å². The Balaban J connectivity index is 0.000000531. The lowest BCUT2D eigenvalue weighted by atomic mass is 9.92. The second kappa shape index (κ2) is 5.02. The summed E-state index contributed by atoms with van der Waals surface area (Å²) in [5.41, 5.74) is 1.65. The normalized spacial score (nSPS) is 14.7. The zero-order chi connectivity index (χ0) is 11.5. The maximum Gasteiger partial charge on any atom is 0.136 e. The first-order valence-electron chi connectivity index (χ1n) is 5.82. The van der Waals surface area contributed by atoms with Gasteiger partial charge in [-0.3, -0.25) is 0 Å². The van der Waals surface area contributed by atoms with Gasteiger partial charge in [-0.25, -0.2) is 0 Å². The van der Waals surface area contributed by atoms with Crippen LogP contribution in [0.4, 0.5) is 0 Å². The van der Waals surface area contributed by atoms with E-state index in [4.69, 9.17) is 4.74 Å². The maximum atomic E-state index is 5.73. The molecule has 0 unspecified atom stereocenters. The van der Waals surface area contributed by atoms with E-state index in [1.807, 2.05) is 25.2 Å². The average Bonchev–Trinajstić information content (AvgIpc) is 2.63. The molecule has 1 aromatic heterocycles. The molecule has 0 aromatic carbocycles. The van der Waals surface area contributed by atoms with Gasteiger partial charge in [-0.1, -0.05) is 34.6 Å². The Morgan fingerprint density at radius 2 is 1.93 bits per heavy atom. The summed E-state index contributed by atoms with van der Waals surface area (Å²) >= 11 is 1.85. The molecule has 0 aliphatic carbocycles. The second-order valence-electron chi connectivity index (χ2n) is 4.62. The molecule has 2 heteroatoms. The summed E-state index contributed by atoms with van der Waals surface area (Å²) in [6.07, 6.45) is 2.37. The van der Waals surface area contributed by atoms with Crippen molar-refractivity contribution >= 4 is 11.3 Å². The van der Waals surface area contributed by atoms with E-state index in [0.717, 1.165) is 6.61 Å². The van der Waals surface area contributed by atoms with E-state index < -0.39 is 0 Å². The third-order valence-electron chi connectivity index (χ3n) is 2.33. The van der Waals surface area contributed by atoms with Crippen molar-refractivity contribution in [3.8, 4) is 5.75 Å². The van der Waals surface area contributed by atoms with Crippen molar-refractivity contribution < 1.29 is 4.74 Å². The largest absolute Gasteiger partial charge is 0.492 e. The quantitative estimate of drug-likeness (QED) is 0.637. The zero-order valence-corrected chi connectivity index (χ0v) is 11.3. The van der Waals surface area contributed by atoms with Crippen LogP contribution in [0.2, 0.25) is 0 Å². The summed E-state index contributed by atoms with van der Waals surface area (Å²) in [6.45, 7) is 11.6. The van der Waals surface area contributed by atoms with Crippen LogP contribution in [0, 0.1) is 0 Å². The Morgan fingerprint density at radius 1 is 1.27 bits per heavy atom. The molecule has 86 valence electrons. The van der Waals surface area contributed by atoms with E-state index in [9.17, 15) is 0 Å². The SMILES string of the molecule is CC.CC(C)(C)c1scc2c1OCCC2. The minimum absolute atomic E-state index is 0.232. The van der Waals surface area contributed by atoms with Crippen molar-refractivity contribution in [3.05, 3.63) is 15.8 Å². The van der Waals surface area contributed by atoms with Gasteiger partial charge in [-0.05, 0) is 23.6 Å². The summed E-state index contributed by atoms with van der Waals surface area (Å²) in [4.78, 5) is 1.40.